The van der Waals surface area contributed by atoms with Gasteiger partial charge >= 0.3 is 0 Å². The second kappa shape index (κ2) is 3.60. The highest BCUT2D eigenvalue weighted by Gasteiger charge is 2.14. The van der Waals surface area contributed by atoms with Gasteiger partial charge in [0, 0.05) is 4.47 Å². The Balaban J connectivity index is 3.56. The Morgan fingerprint density at radius 2 is 2.15 bits per heavy atom. The lowest BCUT2D eigenvalue weighted by atomic mass is 10.1. The van der Waals surface area contributed by atoms with Crippen LogP contribution in [0.1, 0.15) is 11.1 Å². The highest BCUT2D eigenvalue weighted by atomic mass is 79.9. The average Bonchev–Trinajstić information content (AvgIpc) is 2.01. The lowest BCUT2D eigenvalue weighted by Gasteiger charge is -2.10. The first kappa shape index (κ1) is 10.4. The van der Waals surface area contributed by atoms with Crippen molar-refractivity contribution in [3.05, 3.63) is 33.3 Å². The van der Waals surface area contributed by atoms with E-state index in [0.29, 0.717) is 5.56 Å². The number of aliphatic hydroxyl groups excluding tert-OH is 1. The Labute approximate surface area is 89.6 Å². The summed E-state index contributed by atoms with van der Waals surface area (Å²) in [5.41, 5.74) is 0.980. The van der Waals surface area contributed by atoms with Crippen LogP contribution in [-0.4, -0.2) is 10.2 Å². The van der Waals surface area contributed by atoms with E-state index in [2.05, 4.69) is 22.5 Å². The van der Waals surface area contributed by atoms with Crippen molar-refractivity contribution in [2.75, 3.05) is 0 Å². The second-order valence-electron chi connectivity index (χ2n) is 2.64. The van der Waals surface area contributed by atoms with Gasteiger partial charge in [-0.3, -0.25) is 0 Å². The number of hydrogen-bond donors (Lipinski definition) is 2. The molecule has 0 amide bonds. The largest absolute Gasteiger partial charge is 0.508 e. The summed E-state index contributed by atoms with van der Waals surface area (Å²) in [7, 11) is 0. The van der Waals surface area contributed by atoms with E-state index < -0.39 is 0 Å². The number of halogens is 2. The summed E-state index contributed by atoms with van der Waals surface area (Å²) in [5, 5.41) is 18.9. The molecule has 0 bridgehead atoms. The fourth-order valence-electron chi connectivity index (χ4n) is 1.06. The lowest BCUT2D eigenvalue weighted by Crippen LogP contribution is -1.90. The summed E-state index contributed by atoms with van der Waals surface area (Å²) in [4.78, 5) is 0. The van der Waals surface area contributed by atoms with Crippen LogP contribution in [0.15, 0.2) is 17.1 Å². The van der Waals surface area contributed by atoms with E-state index in [0.717, 1.165) is 4.47 Å². The predicted octanol–water partition coefficient (Wildman–Crippen LogP) is 3.65. The van der Waals surface area contributed by atoms with Gasteiger partial charge in [0.15, 0.2) is 0 Å². The first-order valence-electron chi connectivity index (χ1n) is 3.51. The zero-order valence-corrected chi connectivity index (χ0v) is 9.28. The van der Waals surface area contributed by atoms with E-state index in [9.17, 15) is 10.2 Å². The standard InChI is InChI=1S/C9H8BrClO2/c1-4-6(10)3-7(11)9(13)8(4)5(2)12/h3,12-13H,2H2,1H3. The Kier molecular flexibility index (Phi) is 2.88. The minimum absolute atomic E-state index is 0.144. The van der Waals surface area contributed by atoms with Crippen LogP contribution in [-0.2, 0) is 0 Å². The fourth-order valence-corrected chi connectivity index (χ4v) is 1.82. The summed E-state index contributed by atoms with van der Waals surface area (Å²) in [6, 6.07) is 1.57. The van der Waals surface area contributed by atoms with E-state index in [4.69, 9.17) is 11.6 Å². The number of aliphatic hydroxyl groups is 1. The van der Waals surface area contributed by atoms with E-state index in [-0.39, 0.29) is 22.1 Å². The summed E-state index contributed by atoms with van der Waals surface area (Å²) < 4.78 is 0.723. The smallest absolute Gasteiger partial charge is 0.145 e. The van der Waals surface area contributed by atoms with E-state index in [1.165, 1.54) is 0 Å². The van der Waals surface area contributed by atoms with Gasteiger partial charge in [-0.15, -0.1) is 0 Å². The monoisotopic (exact) mass is 262 g/mol. The number of aromatic hydroxyl groups is 1. The maximum absolute atomic E-state index is 9.50. The molecular weight excluding hydrogens is 255 g/mol. The van der Waals surface area contributed by atoms with Crippen LogP contribution in [0.3, 0.4) is 0 Å². The molecule has 1 aromatic rings. The minimum Gasteiger partial charge on any atom is -0.508 e. The number of rotatable bonds is 1. The second-order valence-corrected chi connectivity index (χ2v) is 3.90. The summed E-state index contributed by atoms with van der Waals surface area (Å²) >= 11 is 8.95. The molecule has 70 valence electrons. The topological polar surface area (TPSA) is 40.5 Å². The molecule has 1 aromatic carbocycles. The lowest BCUT2D eigenvalue weighted by molar-refractivity contribution is 0.460. The molecule has 0 aromatic heterocycles. The quantitative estimate of drug-likeness (QED) is 0.759. The molecule has 2 N–H and O–H groups in total. The molecular formula is C9H8BrClO2. The third kappa shape index (κ3) is 1.81. The molecule has 0 aliphatic rings. The molecule has 2 nitrogen and oxygen atoms in total. The van der Waals surface area contributed by atoms with Crippen LogP contribution in [0.5, 0.6) is 5.75 Å². The zero-order chi connectivity index (χ0) is 10.2. The van der Waals surface area contributed by atoms with E-state index in [1.807, 2.05) is 0 Å². The van der Waals surface area contributed by atoms with Gasteiger partial charge in [-0.25, -0.2) is 0 Å². The van der Waals surface area contributed by atoms with Crippen LogP contribution in [0, 0.1) is 6.92 Å². The van der Waals surface area contributed by atoms with Gasteiger partial charge in [0.1, 0.15) is 11.5 Å². The van der Waals surface area contributed by atoms with Gasteiger partial charge in [-0.1, -0.05) is 34.1 Å². The molecule has 13 heavy (non-hydrogen) atoms. The van der Waals surface area contributed by atoms with Gasteiger partial charge in [0.05, 0.1) is 10.6 Å². The van der Waals surface area contributed by atoms with Crippen LogP contribution in [0.25, 0.3) is 5.76 Å². The normalized spacial score (nSPS) is 10.1. The minimum atomic E-state index is -0.196. The highest BCUT2D eigenvalue weighted by molar-refractivity contribution is 9.10. The van der Waals surface area contributed by atoms with Gasteiger partial charge in [-0.05, 0) is 18.6 Å². The Morgan fingerprint density at radius 3 is 2.62 bits per heavy atom. The summed E-state index contributed by atoms with van der Waals surface area (Å²) in [6.45, 7) is 5.09. The average molecular weight is 264 g/mol. The van der Waals surface area contributed by atoms with Crippen molar-refractivity contribution in [1.82, 2.24) is 0 Å². The molecule has 0 atom stereocenters. The summed E-state index contributed by atoms with van der Waals surface area (Å²) in [5.74, 6) is -0.340. The maximum atomic E-state index is 9.50. The molecule has 0 heterocycles. The molecule has 1 rings (SSSR count). The van der Waals surface area contributed by atoms with Gasteiger partial charge in [-0.2, -0.15) is 0 Å². The summed E-state index contributed by atoms with van der Waals surface area (Å²) in [6.07, 6.45) is 0. The Bertz CT molecular complexity index is 348. The molecule has 0 fully saturated rings. The van der Waals surface area contributed by atoms with Crippen molar-refractivity contribution in [2.45, 2.75) is 6.92 Å². The van der Waals surface area contributed by atoms with Gasteiger partial charge < -0.3 is 10.2 Å². The van der Waals surface area contributed by atoms with Crippen LogP contribution in [0.2, 0.25) is 5.02 Å². The number of phenolic OH excluding ortho intramolecular Hbond substituents is 1. The molecule has 0 saturated heterocycles. The van der Waals surface area contributed by atoms with E-state index in [1.54, 1.807) is 13.0 Å². The molecule has 0 radical (unpaired) electrons. The fraction of sp³-hybridized carbons (Fsp3) is 0.111. The Morgan fingerprint density at radius 1 is 1.62 bits per heavy atom. The van der Waals surface area contributed by atoms with E-state index >= 15 is 0 Å². The zero-order valence-electron chi connectivity index (χ0n) is 6.93. The van der Waals surface area contributed by atoms with Gasteiger partial charge in [0.25, 0.3) is 0 Å². The van der Waals surface area contributed by atoms with Crippen LogP contribution in [0.4, 0.5) is 0 Å². The van der Waals surface area contributed by atoms with Gasteiger partial charge in [0.2, 0.25) is 0 Å². The highest BCUT2D eigenvalue weighted by Crippen LogP contribution is 2.37. The molecule has 0 spiro atoms. The molecule has 4 heteroatoms. The van der Waals surface area contributed by atoms with Crippen LogP contribution < -0.4 is 0 Å². The van der Waals surface area contributed by atoms with Crippen molar-refractivity contribution in [3.8, 4) is 5.75 Å². The number of hydrogen-bond acceptors (Lipinski definition) is 2. The molecule has 0 aliphatic heterocycles. The first-order chi connectivity index (χ1) is 5.95. The molecule has 0 aliphatic carbocycles. The van der Waals surface area contributed by atoms with Crippen molar-refractivity contribution >= 4 is 33.3 Å². The third-order valence-electron chi connectivity index (χ3n) is 1.74. The number of phenols is 1. The van der Waals surface area contributed by atoms with Crippen molar-refractivity contribution in [1.29, 1.82) is 0 Å². The van der Waals surface area contributed by atoms with Crippen molar-refractivity contribution < 1.29 is 10.2 Å². The third-order valence-corrected chi connectivity index (χ3v) is 2.85. The molecule has 0 unspecified atom stereocenters. The SMILES string of the molecule is C=C(O)c1c(C)c(Br)cc(Cl)c1O. The first-order valence-corrected chi connectivity index (χ1v) is 4.68. The van der Waals surface area contributed by atoms with Crippen LogP contribution >= 0.6 is 27.5 Å². The number of benzene rings is 1. The Hall–Kier alpha value is -0.670. The maximum Gasteiger partial charge on any atom is 0.145 e. The van der Waals surface area contributed by atoms with Crippen molar-refractivity contribution in [2.24, 2.45) is 0 Å². The van der Waals surface area contributed by atoms with Crippen molar-refractivity contribution in [3.63, 3.8) is 0 Å². The molecule has 0 saturated carbocycles. The predicted molar refractivity (Wildman–Crippen MR) is 57.2 cm³/mol.